The van der Waals surface area contributed by atoms with E-state index in [0.717, 1.165) is 18.4 Å². The summed E-state index contributed by atoms with van der Waals surface area (Å²) in [6.45, 7) is 6.02. The third-order valence-corrected chi connectivity index (χ3v) is 3.53. The lowest BCUT2D eigenvalue weighted by atomic mass is 9.89. The van der Waals surface area contributed by atoms with Crippen LogP contribution in [0.4, 0.5) is 4.79 Å². The second-order valence-electron chi connectivity index (χ2n) is 6.62. The van der Waals surface area contributed by atoms with Gasteiger partial charge in [-0.05, 0) is 45.1 Å². The molecule has 3 N–H and O–H groups in total. The van der Waals surface area contributed by atoms with Gasteiger partial charge in [-0.2, -0.15) is 0 Å². The number of hydrogen-bond donors (Lipinski definition) is 3. The van der Waals surface area contributed by atoms with E-state index in [1.54, 1.807) is 0 Å². The highest BCUT2D eigenvalue weighted by Crippen LogP contribution is 2.45. The van der Waals surface area contributed by atoms with Crippen molar-refractivity contribution >= 4 is 6.03 Å². The van der Waals surface area contributed by atoms with Gasteiger partial charge in [-0.1, -0.05) is 30.3 Å². The molecule has 1 aliphatic carbocycles. The standard InChI is InChI=1S/C16H24N2O2/c1-15(2,3)18-14(19)17-11-16(20,13-9-10-13)12-7-5-4-6-8-12/h4-8,13,20H,9-11H2,1-3H3,(H2,17,18,19). The zero-order valence-corrected chi connectivity index (χ0v) is 12.4. The van der Waals surface area contributed by atoms with Crippen LogP contribution in [-0.2, 0) is 5.60 Å². The minimum atomic E-state index is -0.962. The Morgan fingerprint density at radius 3 is 2.35 bits per heavy atom. The molecule has 20 heavy (non-hydrogen) atoms. The second kappa shape index (κ2) is 5.44. The number of rotatable bonds is 4. The predicted molar refractivity (Wildman–Crippen MR) is 79.4 cm³/mol. The highest BCUT2D eigenvalue weighted by atomic mass is 16.3. The highest BCUT2D eigenvalue weighted by molar-refractivity contribution is 5.74. The Labute approximate surface area is 120 Å². The summed E-state index contributed by atoms with van der Waals surface area (Å²) in [6.07, 6.45) is 2.02. The first-order valence-electron chi connectivity index (χ1n) is 7.15. The van der Waals surface area contributed by atoms with Crippen LogP contribution in [0.15, 0.2) is 30.3 Å². The number of hydrogen-bond acceptors (Lipinski definition) is 2. The lowest BCUT2D eigenvalue weighted by Gasteiger charge is -2.30. The first-order chi connectivity index (χ1) is 9.31. The van der Waals surface area contributed by atoms with Crippen LogP contribution < -0.4 is 10.6 Å². The molecule has 0 aliphatic heterocycles. The molecule has 4 nitrogen and oxygen atoms in total. The Bertz CT molecular complexity index is 463. The van der Waals surface area contributed by atoms with Crippen LogP contribution in [0.25, 0.3) is 0 Å². The van der Waals surface area contributed by atoms with E-state index >= 15 is 0 Å². The first kappa shape index (κ1) is 14.9. The smallest absolute Gasteiger partial charge is 0.315 e. The van der Waals surface area contributed by atoms with Crippen LogP contribution >= 0.6 is 0 Å². The maximum absolute atomic E-state index is 11.8. The fourth-order valence-electron chi connectivity index (χ4n) is 2.37. The van der Waals surface area contributed by atoms with Gasteiger partial charge in [0.25, 0.3) is 0 Å². The maximum atomic E-state index is 11.8. The van der Waals surface area contributed by atoms with Gasteiger partial charge in [-0.3, -0.25) is 0 Å². The number of carbonyl (C=O) groups is 1. The van der Waals surface area contributed by atoms with Crippen LogP contribution in [-0.4, -0.2) is 23.2 Å². The number of urea groups is 1. The number of nitrogens with one attached hydrogen (secondary N) is 2. The van der Waals surface area contributed by atoms with Gasteiger partial charge >= 0.3 is 6.03 Å². The fraction of sp³-hybridized carbons (Fsp3) is 0.562. The molecule has 2 rings (SSSR count). The van der Waals surface area contributed by atoms with E-state index in [1.807, 2.05) is 51.1 Å². The molecular formula is C16H24N2O2. The SMILES string of the molecule is CC(C)(C)NC(=O)NCC(O)(c1ccccc1)C1CC1. The molecular weight excluding hydrogens is 252 g/mol. The molecule has 110 valence electrons. The Morgan fingerprint density at radius 2 is 1.85 bits per heavy atom. The molecule has 1 aliphatic rings. The maximum Gasteiger partial charge on any atom is 0.315 e. The molecule has 0 aromatic heterocycles. The summed E-state index contributed by atoms with van der Waals surface area (Å²) in [7, 11) is 0. The lowest BCUT2D eigenvalue weighted by Crippen LogP contribution is -2.50. The van der Waals surface area contributed by atoms with E-state index in [2.05, 4.69) is 10.6 Å². The third-order valence-electron chi connectivity index (χ3n) is 3.53. The van der Waals surface area contributed by atoms with Gasteiger partial charge < -0.3 is 15.7 Å². The van der Waals surface area contributed by atoms with Crippen molar-refractivity contribution in [2.75, 3.05) is 6.54 Å². The van der Waals surface area contributed by atoms with Crippen LogP contribution in [0, 0.1) is 5.92 Å². The van der Waals surface area contributed by atoms with Gasteiger partial charge in [0.1, 0.15) is 5.60 Å². The summed E-state index contributed by atoms with van der Waals surface area (Å²) < 4.78 is 0. The number of benzene rings is 1. The van der Waals surface area contributed by atoms with Crippen molar-refractivity contribution in [1.82, 2.24) is 10.6 Å². The van der Waals surface area contributed by atoms with Crippen molar-refractivity contribution in [3.63, 3.8) is 0 Å². The van der Waals surface area contributed by atoms with Crippen LogP contribution in [0.5, 0.6) is 0 Å². The van der Waals surface area contributed by atoms with E-state index in [1.165, 1.54) is 0 Å². The number of aliphatic hydroxyl groups is 1. The summed E-state index contributed by atoms with van der Waals surface area (Å²) in [4.78, 5) is 11.8. The van der Waals surface area contributed by atoms with Crippen molar-refractivity contribution in [1.29, 1.82) is 0 Å². The average molecular weight is 276 g/mol. The molecule has 4 heteroatoms. The van der Waals surface area contributed by atoms with E-state index in [4.69, 9.17) is 0 Å². The number of amides is 2. The Balaban J connectivity index is 2.02. The van der Waals surface area contributed by atoms with Crippen molar-refractivity contribution in [2.45, 2.75) is 44.8 Å². The molecule has 1 fully saturated rings. The summed E-state index contributed by atoms with van der Waals surface area (Å²) in [5, 5.41) is 16.6. The minimum absolute atomic E-state index is 0.236. The second-order valence-corrected chi connectivity index (χ2v) is 6.62. The zero-order valence-electron chi connectivity index (χ0n) is 12.4. The normalized spacial score (nSPS) is 18.2. The molecule has 1 aromatic rings. The van der Waals surface area contributed by atoms with Gasteiger partial charge in [-0.15, -0.1) is 0 Å². The molecule has 1 saturated carbocycles. The topological polar surface area (TPSA) is 61.4 Å². The van der Waals surface area contributed by atoms with E-state index in [-0.39, 0.29) is 24.0 Å². The van der Waals surface area contributed by atoms with Crippen molar-refractivity contribution < 1.29 is 9.90 Å². The molecule has 0 heterocycles. The molecule has 2 amide bonds. The average Bonchev–Trinajstić information content (AvgIpc) is 3.19. The van der Waals surface area contributed by atoms with Gasteiger partial charge in [0.05, 0.1) is 6.54 Å². The van der Waals surface area contributed by atoms with Gasteiger partial charge in [-0.25, -0.2) is 4.79 Å². The quantitative estimate of drug-likeness (QED) is 0.790. The molecule has 0 saturated heterocycles. The summed E-state index contributed by atoms with van der Waals surface area (Å²) in [5.74, 6) is 0.236. The molecule has 1 aromatic carbocycles. The van der Waals surface area contributed by atoms with Crippen LogP contribution in [0.2, 0.25) is 0 Å². The van der Waals surface area contributed by atoms with E-state index in [9.17, 15) is 9.90 Å². The van der Waals surface area contributed by atoms with Gasteiger partial charge in [0.2, 0.25) is 0 Å². The van der Waals surface area contributed by atoms with Crippen LogP contribution in [0.1, 0.15) is 39.2 Å². The summed E-state index contributed by atoms with van der Waals surface area (Å²) >= 11 is 0. The monoisotopic (exact) mass is 276 g/mol. The molecule has 0 bridgehead atoms. The predicted octanol–water partition coefficient (Wildman–Crippen LogP) is 2.38. The summed E-state index contributed by atoms with van der Waals surface area (Å²) in [5.41, 5.74) is -0.371. The Morgan fingerprint density at radius 1 is 1.25 bits per heavy atom. The fourth-order valence-corrected chi connectivity index (χ4v) is 2.37. The number of carbonyl (C=O) groups excluding carboxylic acids is 1. The molecule has 1 unspecified atom stereocenters. The largest absolute Gasteiger partial charge is 0.383 e. The van der Waals surface area contributed by atoms with Crippen LogP contribution in [0.3, 0.4) is 0 Å². The minimum Gasteiger partial charge on any atom is -0.383 e. The van der Waals surface area contributed by atoms with Crippen molar-refractivity contribution in [3.05, 3.63) is 35.9 Å². The molecule has 0 spiro atoms. The molecule has 0 radical (unpaired) electrons. The third kappa shape index (κ3) is 3.73. The Kier molecular flexibility index (Phi) is 4.04. The van der Waals surface area contributed by atoms with Gasteiger partial charge in [0, 0.05) is 5.54 Å². The van der Waals surface area contributed by atoms with Gasteiger partial charge in [0.15, 0.2) is 0 Å². The zero-order chi connectivity index (χ0) is 14.8. The first-order valence-corrected chi connectivity index (χ1v) is 7.15. The Hall–Kier alpha value is -1.55. The highest BCUT2D eigenvalue weighted by Gasteiger charge is 2.45. The van der Waals surface area contributed by atoms with E-state index < -0.39 is 5.60 Å². The summed E-state index contributed by atoms with van der Waals surface area (Å²) in [6, 6.07) is 9.35. The van der Waals surface area contributed by atoms with Crippen molar-refractivity contribution in [2.24, 2.45) is 5.92 Å². The van der Waals surface area contributed by atoms with Crippen molar-refractivity contribution in [3.8, 4) is 0 Å². The van der Waals surface area contributed by atoms with E-state index in [0.29, 0.717) is 0 Å². The molecule has 1 atom stereocenters. The lowest BCUT2D eigenvalue weighted by molar-refractivity contribution is 0.0158.